The highest BCUT2D eigenvalue weighted by Crippen LogP contribution is 2.35. The van der Waals surface area contributed by atoms with Crippen LogP contribution in [0, 0.1) is 0 Å². The molecule has 0 unspecified atom stereocenters. The minimum Gasteiger partial charge on any atom is -0.337 e. The Morgan fingerprint density at radius 2 is 1.79 bits per heavy atom. The highest BCUT2D eigenvalue weighted by molar-refractivity contribution is 9.10. The van der Waals surface area contributed by atoms with Crippen LogP contribution in [-0.2, 0) is 6.18 Å². The zero-order chi connectivity index (χ0) is 20.1. The van der Waals surface area contributed by atoms with Crippen molar-refractivity contribution in [2.24, 2.45) is 0 Å². The van der Waals surface area contributed by atoms with Crippen LogP contribution in [0.1, 0.15) is 29.0 Å². The maximum atomic E-state index is 13.7. The van der Waals surface area contributed by atoms with Crippen molar-refractivity contribution < 1.29 is 18.0 Å². The molecule has 1 aromatic carbocycles. The Balaban J connectivity index is 1.91. The molecule has 5 nitrogen and oxygen atoms in total. The van der Waals surface area contributed by atoms with Crippen molar-refractivity contribution in [1.29, 1.82) is 0 Å². The molecule has 0 aliphatic carbocycles. The van der Waals surface area contributed by atoms with Gasteiger partial charge in [-0.25, -0.2) is 9.50 Å². The first kappa shape index (κ1) is 19.2. The molecule has 0 bridgehead atoms. The molecule has 2 aromatic heterocycles. The number of carbonyl (C=O) groups excluding carboxylic acids is 1. The molecule has 146 valence electrons. The predicted octanol–water partition coefficient (Wildman–Crippen LogP) is 5.07. The molecule has 3 aromatic rings. The van der Waals surface area contributed by atoms with E-state index in [-0.39, 0.29) is 22.1 Å². The molecule has 0 spiro atoms. The van der Waals surface area contributed by atoms with Crippen LogP contribution in [0.15, 0.2) is 34.8 Å². The number of hydrogen-bond acceptors (Lipinski definition) is 3. The minimum absolute atomic E-state index is 0.0919. The third-order valence-corrected chi connectivity index (χ3v) is 5.44. The quantitative estimate of drug-likeness (QED) is 0.522. The number of nitrogens with zero attached hydrogens (tertiary/aromatic N) is 4. The number of aromatic nitrogens is 3. The molecule has 0 atom stereocenters. The molecule has 0 N–H and O–H groups in total. The van der Waals surface area contributed by atoms with Gasteiger partial charge in [0.2, 0.25) is 0 Å². The molecular weight excluding hydrogens is 461 g/mol. The van der Waals surface area contributed by atoms with Crippen LogP contribution < -0.4 is 0 Å². The van der Waals surface area contributed by atoms with Gasteiger partial charge >= 0.3 is 6.18 Å². The number of fused-ring (bicyclic) bond motifs is 1. The third-order valence-electron chi connectivity index (χ3n) is 4.56. The monoisotopic (exact) mass is 472 g/mol. The van der Waals surface area contributed by atoms with Crippen LogP contribution in [0.25, 0.3) is 16.9 Å². The van der Waals surface area contributed by atoms with E-state index in [1.807, 2.05) is 0 Å². The third kappa shape index (κ3) is 3.37. The number of amides is 1. The van der Waals surface area contributed by atoms with Gasteiger partial charge < -0.3 is 4.90 Å². The summed E-state index contributed by atoms with van der Waals surface area (Å²) in [5.41, 5.74) is -0.876. The van der Waals surface area contributed by atoms with E-state index in [4.69, 9.17) is 11.6 Å². The average Bonchev–Trinajstić information content (AvgIpc) is 3.29. The molecule has 10 heteroatoms. The maximum Gasteiger partial charge on any atom is 0.433 e. The molecule has 3 heterocycles. The first-order valence-corrected chi connectivity index (χ1v) is 9.64. The molecular formula is C18H13BrClF3N4O. The lowest BCUT2D eigenvalue weighted by atomic mass is 10.1. The number of likely N-dealkylation sites (tertiary alicyclic amines) is 1. The summed E-state index contributed by atoms with van der Waals surface area (Å²) in [6.07, 6.45) is -3.01. The number of benzene rings is 1. The van der Waals surface area contributed by atoms with E-state index in [9.17, 15) is 18.0 Å². The van der Waals surface area contributed by atoms with Gasteiger partial charge in [-0.2, -0.15) is 18.3 Å². The molecule has 4 rings (SSSR count). The number of hydrogen-bond donors (Lipinski definition) is 0. The molecule has 1 fully saturated rings. The molecule has 1 aliphatic rings. The second kappa shape index (κ2) is 7.04. The Bertz CT molecular complexity index is 1060. The summed E-state index contributed by atoms with van der Waals surface area (Å²) in [6, 6.07) is 7.60. The Kier molecular flexibility index (Phi) is 4.83. The Labute approximate surface area is 171 Å². The molecule has 28 heavy (non-hydrogen) atoms. The fourth-order valence-electron chi connectivity index (χ4n) is 3.17. The highest BCUT2D eigenvalue weighted by atomic mass is 79.9. The second-order valence-electron chi connectivity index (χ2n) is 6.43. The van der Waals surface area contributed by atoms with E-state index in [1.54, 1.807) is 24.3 Å². The number of carbonyl (C=O) groups is 1. The van der Waals surface area contributed by atoms with Crippen LogP contribution in [0.5, 0.6) is 0 Å². The van der Waals surface area contributed by atoms with E-state index in [1.165, 1.54) is 4.90 Å². The lowest BCUT2D eigenvalue weighted by Crippen LogP contribution is -2.28. The number of alkyl halides is 3. The Morgan fingerprint density at radius 1 is 1.14 bits per heavy atom. The van der Waals surface area contributed by atoms with Crippen molar-refractivity contribution in [3.05, 3.63) is 51.2 Å². The number of rotatable bonds is 2. The van der Waals surface area contributed by atoms with Crippen LogP contribution in [0.2, 0.25) is 5.02 Å². The maximum absolute atomic E-state index is 13.7. The van der Waals surface area contributed by atoms with E-state index < -0.39 is 17.8 Å². The van der Waals surface area contributed by atoms with Gasteiger partial charge in [0.25, 0.3) is 5.91 Å². The SMILES string of the molecule is O=C(c1nn2c(C(F)(F)F)cc(-c3ccc(Br)cc3)nc2c1Cl)N1CCCC1. The Hall–Kier alpha value is -2.13. The molecule has 0 radical (unpaired) electrons. The molecule has 1 saturated heterocycles. The minimum atomic E-state index is -4.70. The van der Waals surface area contributed by atoms with Crippen molar-refractivity contribution in [2.45, 2.75) is 19.0 Å². The van der Waals surface area contributed by atoms with Gasteiger partial charge in [-0.3, -0.25) is 4.79 Å². The van der Waals surface area contributed by atoms with Gasteiger partial charge in [-0.15, -0.1) is 0 Å². The van der Waals surface area contributed by atoms with Crippen LogP contribution in [0.3, 0.4) is 0 Å². The van der Waals surface area contributed by atoms with E-state index >= 15 is 0 Å². The molecule has 0 saturated carbocycles. The van der Waals surface area contributed by atoms with E-state index in [0.717, 1.165) is 23.4 Å². The lowest BCUT2D eigenvalue weighted by molar-refractivity contribution is -0.142. The predicted molar refractivity (Wildman–Crippen MR) is 101 cm³/mol. The summed E-state index contributed by atoms with van der Waals surface area (Å²) in [7, 11) is 0. The molecule has 1 aliphatic heterocycles. The summed E-state index contributed by atoms with van der Waals surface area (Å²) >= 11 is 9.56. The number of halogens is 5. The van der Waals surface area contributed by atoms with Crippen LogP contribution in [-0.4, -0.2) is 38.5 Å². The van der Waals surface area contributed by atoms with Crippen molar-refractivity contribution in [1.82, 2.24) is 19.5 Å². The highest BCUT2D eigenvalue weighted by Gasteiger charge is 2.37. The van der Waals surface area contributed by atoms with Crippen LogP contribution in [0.4, 0.5) is 13.2 Å². The van der Waals surface area contributed by atoms with Gasteiger partial charge in [-0.1, -0.05) is 39.7 Å². The standard InChI is InChI=1S/C18H13BrClF3N4O/c19-11-5-3-10(4-6-11)12-9-13(18(21,22)23)27-16(24-12)14(20)15(25-27)17(28)26-7-1-2-8-26/h3-6,9H,1-2,7-8H2. The fraction of sp³-hybridized carbons (Fsp3) is 0.278. The largest absolute Gasteiger partial charge is 0.433 e. The average molecular weight is 474 g/mol. The Morgan fingerprint density at radius 3 is 2.39 bits per heavy atom. The summed E-state index contributed by atoms with van der Waals surface area (Å²) in [6.45, 7) is 1.07. The summed E-state index contributed by atoms with van der Waals surface area (Å²) < 4.78 is 42.4. The van der Waals surface area contributed by atoms with E-state index in [0.29, 0.717) is 23.2 Å². The summed E-state index contributed by atoms with van der Waals surface area (Å²) in [5.74, 6) is -0.480. The fourth-order valence-corrected chi connectivity index (χ4v) is 3.67. The van der Waals surface area contributed by atoms with Crippen molar-refractivity contribution in [2.75, 3.05) is 13.1 Å². The van der Waals surface area contributed by atoms with Gasteiger partial charge in [-0.05, 0) is 31.0 Å². The van der Waals surface area contributed by atoms with Crippen molar-refractivity contribution in [3.63, 3.8) is 0 Å². The lowest BCUT2D eigenvalue weighted by Gasteiger charge is -2.13. The first-order chi connectivity index (χ1) is 13.3. The van der Waals surface area contributed by atoms with Gasteiger partial charge in [0.15, 0.2) is 17.0 Å². The zero-order valence-electron chi connectivity index (χ0n) is 14.3. The van der Waals surface area contributed by atoms with Crippen molar-refractivity contribution >= 4 is 39.1 Å². The normalized spacial score (nSPS) is 14.8. The van der Waals surface area contributed by atoms with Gasteiger partial charge in [0, 0.05) is 23.1 Å². The first-order valence-electron chi connectivity index (χ1n) is 8.47. The van der Waals surface area contributed by atoms with Gasteiger partial charge in [0.1, 0.15) is 5.02 Å². The van der Waals surface area contributed by atoms with Crippen molar-refractivity contribution in [3.8, 4) is 11.3 Å². The summed E-state index contributed by atoms with van der Waals surface area (Å²) in [4.78, 5) is 18.4. The zero-order valence-corrected chi connectivity index (χ0v) is 16.6. The van der Waals surface area contributed by atoms with Gasteiger partial charge in [0.05, 0.1) is 5.69 Å². The molecule has 1 amide bonds. The van der Waals surface area contributed by atoms with Crippen LogP contribution >= 0.6 is 27.5 Å². The topological polar surface area (TPSA) is 50.5 Å². The summed E-state index contributed by atoms with van der Waals surface area (Å²) in [5, 5.41) is 3.70. The van der Waals surface area contributed by atoms with E-state index in [2.05, 4.69) is 26.0 Å². The smallest absolute Gasteiger partial charge is 0.337 e. The second-order valence-corrected chi connectivity index (χ2v) is 7.72.